The van der Waals surface area contributed by atoms with E-state index in [1.807, 2.05) is 0 Å². The monoisotopic (exact) mass is 472 g/mol. The Bertz CT molecular complexity index is 1190. The molecule has 0 radical (unpaired) electrons. The van der Waals surface area contributed by atoms with Gasteiger partial charge in [0, 0.05) is 32.1 Å². The van der Waals surface area contributed by atoms with Crippen LogP contribution in [0.5, 0.6) is 5.75 Å². The Kier molecular flexibility index (Phi) is 7.02. The largest absolute Gasteiger partial charge is 0.484 e. The summed E-state index contributed by atoms with van der Waals surface area (Å²) in [6.07, 6.45) is 0. The summed E-state index contributed by atoms with van der Waals surface area (Å²) in [6, 6.07) is 13.5. The number of benzene rings is 2. The molecule has 0 atom stereocenters. The first kappa shape index (κ1) is 22.9. The maximum Gasteiger partial charge on any atom is 0.258 e. The average Bonchev–Trinajstić information content (AvgIpc) is 3.29. The van der Waals surface area contributed by atoms with Crippen LogP contribution in [-0.2, 0) is 26.1 Å². The summed E-state index contributed by atoms with van der Waals surface area (Å²) in [4.78, 5) is 16.5. The van der Waals surface area contributed by atoms with Crippen molar-refractivity contribution in [2.45, 2.75) is 18.4 Å². The van der Waals surface area contributed by atoms with Crippen molar-refractivity contribution < 1.29 is 27.2 Å². The molecule has 0 saturated carbocycles. The Hall–Kier alpha value is -3.28. The van der Waals surface area contributed by atoms with Crippen LogP contribution in [0.25, 0.3) is 11.4 Å². The second kappa shape index (κ2) is 10.1. The van der Waals surface area contributed by atoms with Crippen LogP contribution in [0.3, 0.4) is 0 Å². The summed E-state index contributed by atoms with van der Waals surface area (Å²) in [5.41, 5.74) is 1.56. The molecule has 1 amide bonds. The number of aromatic nitrogens is 2. The maximum absolute atomic E-state index is 12.7. The zero-order valence-electron chi connectivity index (χ0n) is 18.1. The Balaban J connectivity index is 1.25. The molecule has 1 aliphatic rings. The lowest BCUT2D eigenvalue weighted by Gasteiger charge is -2.26. The molecule has 3 aromatic rings. The van der Waals surface area contributed by atoms with E-state index in [0.717, 1.165) is 11.1 Å². The van der Waals surface area contributed by atoms with Gasteiger partial charge in [0.05, 0.1) is 18.1 Å². The van der Waals surface area contributed by atoms with Crippen molar-refractivity contribution in [2.24, 2.45) is 0 Å². The number of ether oxygens (including phenoxy) is 2. The van der Waals surface area contributed by atoms with Gasteiger partial charge in [-0.15, -0.1) is 0 Å². The summed E-state index contributed by atoms with van der Waals surface area (Å²) >= 11 is 0. The predicted molar refractivity (Wildman–Crippen MR) is 118 cm³/mol. The van der Waals surface area contributed by atoms with Crippen molar-refractivity contribution in [3.8, 4) is 17.1 Å². The van der Waals surface area contributed by atoms with Gasteiger partial charge in [-0.2, -0.15) is 9.29 Å². The first-order valence-corrected chi connectivity index (χ1v) is 11.8. The number of rotatable bonds is 8. The van der Waals surface area contributed by atoms with Gasteiger partial charge in [-0.1, -0.05) is 17.3 Å². The molecule has 1 aromatic heterocycles. The van der Waals surface area contributed by atoms with Crippen LogP contribution >= 0.6 is 0 Å². The minimum Gasteiger partial charge on any atom is -0.484 e. The number of amides is 1. The lowest BCUT2D eigenvalue weighted by atomic mass is 10.2. The van der Waals surface area contributed by atoms with Gasteiger partial charge in [0.1, 0.15) is 5.75 Å². The summed E-state index contributed by atoms with van der Waals surface area (Å²) in [5.74, 6) is 1.21. The minimum atomic E-state index is -3.54. The van der Waals surface area contributed by atoms with Gasteiger partial charge < -0.3 is 19.3 Å². The fraction of sp³-hybridized carbons (Fsp3) is 0.318. The SMILES string of the molecule is Cc1nc(-c2ccc(OCC(=O)NCc3ccc(S(=O)(=O)N4CCOCC4)cc3)cc2)no1. The fourth-order valence-corrected chi connectivity index (χ4v) is 4.64. The molecule has 1 saturated heterocycles. The maximum atomic E-state index is 12.7. The van der Waals surface area contributed by atoms with Gasteiger partial charge >= 0.3 is 0 Å². The zero-order chi connectivity index (χ0) is 23.3. The van der Waals surface area contributed by atoms with Gasteiger partial charge in [0.25, 0.3) is 5.91 Å². The number of sulfonamides is 1. The number of carbonyl (C=O) groups is 1. The van der Waals surface area contributed by atoms with Crippen molar-refractivity contribution in [2.75, 3.05) is 32.9 Å². The van der Waals surface area contributed by atoms with Crippen LogP contribution < -0.4 is 10.1 Å². The first-order chi connectivity index (χ1) is 15.9. The van der Waals surface area contributed by atoms with Gasteiger partial charge in [-0.3, -0.25) is 4.79 Å². The summed E-state index contributed by atoms with van der Waals surface area (Å²) in [6.45, 7) is 3.32. The number of carbonyl (C=O) groups excluding carboxylic acids is 1. The molecule has 33 heavy (non-hydrogen) atoms. The van der Waals surface area contributed by atoms with Crippen LogP contribution in [0.2, 0.25) is 0 Å². The summed E-state index contributed by atoms with van der Waals surface area (Å²) in [5, 5.41) is 6.61. The highest BCUT2D eigenvalue weighted by molar-refractivity contribution is 7.89. The van der Waals surface area contributed by atoms with Gasteiger partial charge in [-0.05, 0) is 42.0 Å². The minimum absolute atomic E-state index is 0.149. The molecule has 11 heteroatoms. The molecule has 174 valence electrons. The third-order valence-electron chi connectivity index (χ3n) is 5.03. The average molecular weight is 473 g/mol. The van der Waals surface area contributed by atoms with E-state index in [9.17, 15) is 13.2 Å². The molecule has 0 unspecified atom stereocenters. The molecular formula is C22H24N4O6S. The van der Waals surface area contributed by atoms with Crippen LogP contribution in [0.1, 0.15) is 11.5 Å². The lowest BCUT2D eigenvalue weighted by Crippen LogP contribution is -2.40. The van der Waals surface area contributed by atoms with Crippen molar-refractivity contribution in [3.63, 3.8) is 0 Å². The smallest absolute Gasteiger partial charge is 0.258 e. The van der Waals surface area contributed by atoms with E-state index in [4.69, 9.17) is 14.0 Å². The molecule has 2 heterocycles. The van der Waals surface area contributed by atoms with Gasteiger partial charge in [0.2, 0.25) is 21.7 Å². The number of nitrogens with zero attached hydrogens (tertiary/aromatic N) is 3. The first-order valence-electron chi connectivity index (χ1n) is 10.4. The third-order valence-corrected chi connectivity index (χ3v) is 6.94. The number of hydrogen-bond donors (Lipinski definition) is 1. The molecule has 0 spiro atoms. The van der Waals surface area contributed by atoms with Crippen LogP contribution in [0.15, 0.2) is 57.9 Å². The second-order valence-corrected chi connectivity index (χ2v) is 9.33. The van der Waals surface area contributed by atoms with Crippen molar-refractivity contribution in [1.29, 1.82) is 0 Å². The molecular weight excluding hydrogens is 448 g/mol. The van der Waals surface area contributed by atoms with E-state index in [1.54, 1.807) is 55.5 Å². The predicted octanol–water partition coefficient (Wildman–Crippen LogP) is 1.76. The number of hydrogen-bond acceptors (Lipinski definition) is 8. The number of morpholine rings is 1. The van der Waals surface area contributed by atoms with E-state index >= 15 is 0 Å². The highest BCUT2D eigenvalue weighted by atomic mass is 32.2. The van der Waals surface area contributed by atoms with E-state index in [-0.39, 0.29) is 24.0 Å². The molecule has 1 N–H and O–H groups in total. The summed E-state index contributed by atoms with van der Waals surface area (Å²) < 4.78 is 42.4. The second-order valence-electron chi connectivity index (χ2n) is 7.39. The topological polar surface area (TPSA) is 124 Å². The Morgan fingerprint density at radius 1 is 1.09 bits per heavy atom. The fourth-order valence-electron chi connectivity index (χ4n) is 3.23. The van der Waals surface area contributed by atoms with E-state index < -0.39 is 10.0 Å². The Morgan fingerprint density at radius 3 is 2.42 bits per heavy atom. The molecule has 0 bridgehead atoms. The molecule has 1 fully saturated rings. The quantitative estimate of drug-likeness (QED) is 0.526. The molecule has 0 aliphatic carbocycles. The molecule has 10 nitrogen and oxygen atoms in total. The van der Waals surface area contributed by atoms with Crippen molar-refractivity contribution in [3.05, 3.63) is 60.0 Å². The van der Waals surface area contributed by atoms with Crippen molar-refractivity contribution in [1.82, 2.24) is 19.8 Å². The molecule has 2 aromatic carbocycles. The Morgan fingerprint density at radius 2 is 1.79 bits per heavy atom. The third kappa shape index (κ3) is 5.75. The van der Waals surface area contributed by atoms with Crippen molar-refractivity contribution >= 4 is 15.9 Å². The van der Waals surface area contributed by atoms with Crippen LogP contribution in [0.4, 0.5) is 0 Å². The number of nitrogens with one attached hydrogen (secondary N) is 1. The Labute approximate surface area is 191 Å². The number of aryl methyl sites for hydroxylation is 1. The highest BCUT2D eigenvalue weighted by Gasteiger charge is 2.26. The molecule has 1 aliphatic heterocycles. The van der Waals surface area contributed by atoms with Gasteiger partial charge in [-0.25, -0.2) is 8.42 Å². The summed E-state index contributed by atoms with van der Waals surface area (Å²) in [7, 11) is -3.54. The van der Waals surface area contributed by atoms with Gasteiger partial charge in [0.15, 0.2) is 6.61 Å². The molecule has 4 rings (SSSR count). The standard InChI is InChI=1S/C22H24N4O6S/c1-16-24-22(25-32-16)18-4-6-19(7-5-18)31-15-21(27)23-14-17-2-8-20(9-3-17)33(28,29)26-10-12-30-13-11-26/h2-9H,10-15H2,1H3,(H,23,27). The van der Waals surface area contributed by atoms with E-state index in [2.05, 4.69) is 15.5 Å². The zero-order valence-corrected chi connectivity index (χ0v) is 18.9. The highest BCUT2D eigenvalue weighted by Crippen LogP contribution is 2.20. The van der Waals surface area contributed by atoms with Crippen LogP contribution in [-0.4, -0.2) is 61.7 Å². The lowest BCUT2D eigenvalue weighted by molar-refractivity contribution is -0.123. The van der Waals surface area contributed by atoms with E-state index in [0.29, 0.717) is 43.8 Å². The van der Waals surface area contributed by atoms with E-state index in [1.165, 1.54) is 4.31 Å². The van der Waals surface area contributed by atoms with Crippen LogP contribution in [0, 0.1) is 6.92 Å². The normalized spacial score (nSPS) is 14.7.